The number of aliphatic hydroxyl groups is 1. The standard InChI is InChI=1S/C15H19BrN2O/c1-4-18-14(9-11(2)17-18)10-15(3,19)12-5-7-13(16)8-6-12/h5-9,19H,4,10H2,1-3H3. The van der Waals surface area contributed by atoms with Gasteiger partial charge in [-0.2, -0.15) is 5.10 Å². The Kier molecular flexibility index (Phi) is 4.11. The lowest BCUT2D eigenvalue weighted by molar-refractivity contribution is 0.0554. The molecular formula is C15H19BrN2O. The highest BCUT2D eigenvalue weighted by Gasteiger charge is 2.25. The maximum absolute atomic E-state index is 10.7. The molecule has 0 radical (unpaired) electrons. The molecule has 0 bridgehead atoms. The van der Waals surface area contributed by atoms with Crippen molar-refractivity contribution in [1.29, 1.82) is 0 Å². The van der Waals surface area contributed by atoms with Crippen LogP contribution in [0.3, 0.4) is 0 Å². The zero-order chi connectivity index (χ0) is 14.0. The number of hydrogen-bond acceptors (Lipinski definition) is 2. The van der Waals surface area contributed by atoms with Gasteiger partial charge >= 0.3 is 0 Å². The first-order valence-corrected chi connectivity index (χ1v) is 7.23. The highest BCUT2D eigenvalue weighted by Crippen LogP contribution is 2.26. The van der Waals surface area contributed by atoms with Gasteiger partial charge in [-0.1, -0.05) is 28.1 Å². The third-order valence-corrected chi connectivity index (χ3v) is 3.81. The number of rotatable bonds is 4. The normalized spacial score (nSPS) is 14.4. The highest BCUT2D eigenvalue weighted by molar-refractivity contribution is 9.10. The molecule has 1 atom stereocenters. The summed E-state index contributed by atoms with van der Waals surface area (Å²) in [7, 11) is 0. The fourth-order valence-corrected chi connectivity index (χ4v) is 2.54. The Balaban J connectivity index is 2.27. The second kappa shape index (κ2) is 5.47. The van der Waals surface area contributed by atoms with Gasteiger partial charge in [-0.3, -0.25) is 4.68 Å². The lowest BCUT2D eigenvalue weighted by atomic mass is 9.91. The zero-order valence-electron chi connectivity index (χ0n) is 11.5. The van der Waals surface area contributed by atoms with Gasteiger partial charge in [0, 0.05) is 23.1 Å². The van der Waals surface area contributed by atoms with Crippen molar-refractivity contribution in [3.63, 3.8) is 0 Å². The molecule has 0 fully saturated rings. The predicted molar refractivity (Wildman–Crippen MR) is 80.1 cm³/mol. The molecule has 1 unspecified atom stereocenters. The molecule has 1 N–H and O–H groups in total. The zero-order valence-corrected chi connectivity index (χ0v) is 13.1. The van der Waals surface area contributed by atoms with E-state index in [-0.39, 0.29) is 0 Å². The van der Waals surface area contributed by atoms with Crippen LogP contribution in [-0.4, -0.2) is 14.9 Å². The molecule has 4 heteroatoms. The fourth-order valence-electron chi connectivity index (χ4n) is 2.28. The average Bonchev–Trinajstić information content (AvgIpc) is 2.69. The number of nitrogens with zero attached hydrogens (tertiary/aromatic N) is 2. The first kappa shape index (κ1) is 14.3. The van der Waals surface area contributed by atoms with E-state index in [1.165, 1.54) is 0 Å². The summed E-state index contributed by atoms with van der Waals surface area (Å²) in [6, 6.07) is 9.84. The summed E-state index contributed by atoms with van der Waals surface area (Å²) in [5.41, 5.74) is 2.08. The molecule has 0 aliphatic carbocycles. The van der Waals surface area contributed by atoms with Gasteiger partial charge in [-0.25, -0.2) is 0 Å². The monoisotopic (exact) mass is 322 g/mol. The minimum Gasteiger partial charge on any atom is -0.385 e. The van der Waals surface area contributed by atoms with Gasteiger partial charge in [0.2, 0.25) is 0 Å². The molecule has 19 heavy (non-hydrogen) atoms. The van der Waals surface area contributed by atoms with Crippen LogP contribution in [0.4, 0.5) is 0 Å². The maximum Gasteiger partial charge on any atom is 0.0923 e. The molecule has 0 aliphatic heterocycles. The van der Waals surface area contributed by atoms with Crippen molar-refractivity contribution in [1.82, 2.24) is 9.78 Å². The number of hydrogen-bond donors (Lipinski definition) is 1. The minimum absolute atomic E-state index is 0.559. The molecule has 1 heterocycles. The van der Waals surface area contributed by atoms with Crippen LogP contribution in [0, 0.1) is 6.92 Å². The number of aryl methyl sites for hydroxylation is 2. The molecule has 3 nitrogen and oxygen atoms in total. The number of benzene rings is 1. The summed E-state index contributed by atoms with van der Waals surface area (Å²) >= 11 is 3.41. The molecule has 0 aliphatic rings. The van der Waals surface area contributed by atoms with E-state index < -0.39 is 5.60 Å². The Morgan fingerprint density at radius 2 is 1.95 bits per heavy atom. The van der Waals surface area contributed by atoms with Crippen LogP contribution in [0.5, 0.6) is 0 Å². The van der Waals surface area contributed by atoms with Gasteiger partial charge in [0.05, 0.1) is 11.3 Å². The third-order valence-electron chi connectivity index (χ3n) is 3.28. The molecule has 1 aromatic carbocycles. The van der Waals surface area contributed by atoms with Crippen LogP contribution in [-0.2, 0) is 18.6 Å². The van der Waals surface area contributed by atoms with E-state index in [9.17, 15) is 5.11 Å². The Morgan fingerprint density at radius 1 is 1.32 bits per heavy atom. The van der Waals surface area contributed by atoms with Gasteiger partial charge in [0.25, 0.3) is 0 Å². The van der Waals surface area contributed by atoms with Gasteiger partial charge in [-0.15, -0.1) is 0 Å². The molecule has 2 rings (SSSR count). The smallest absolute Gasteiger partial charge is 0.0923 e. The van der Waals surface area contributed by atoms with Crippen LogP contribution >= 0.6 is 15.9 Å². The second-order valence-electron chi connectivity index (χ2n) is 5.05. The topological polar surface area (TPSA) is 38.0 Å². The Labute approximate surface area is 122 Å². The average molecular weight is 323 g/mol. The predicted octanol–water partition coefficient (Wildman–Crippen LogP) is 3.42. The van der Waals surface area contributed by atoms with Crippen molar-refractivity contribution in [3.8, 4) is 0 Å². The van der Waals surface area contributed by atoms with E-state index in [0.717, 1.165) is 28.0 Å². The molecule has 1 aromatic heterocycles. The first-order valence-electron chi connectivity index (χ1n) is 6.44. The van der Waals surface area contributed by atoms with Crippen LogP contribution in [0.1, 0.15) is 30.8 Å². The Morgan fingerprint density at radius 3 is 2.53 bits per heavy atom. The van der Waals surface area contributed by atoms with E-state index in [4.69, 9.17) is 0 Å². The van der Waals surface area contributed by atoms with Crippen molar-refractivity contribution in [2.75, 3.05) is 0 Å². The summed E-state index contributed by atoms with van der Waals surface area (Å²) in [5.74, 6) is 0. The summed E-state index contributed by atoms with van der Waals surface area (Å²) in [6.07, 6.45) is 0.559. The number of aromatic nitrogens is 2. The van der Waals surface area contributed by atoms with Crippen molar-refractivity contribution in [3.05, 3.63) is 51.8 Å². The van der Waals surface area contributed by atoms with Gasteiger partial charge in [0.15, 0.2) is 0 Å². The van der Waals surface area contributed by atoms with Crippen molar-refractivity contribution in [2.45, 2.75) is 39.3 Å². The molecule has 2 aromatic rings. The van der Waals surface area contributed by atoms with Crippen molar-refractivity contribution < 1.29 is 5.11 Å². The van der Waals surface area contributed by atoms with E-state index in [2.05, 4.69) is 28.0 Å². The summed E-state index contributed by atoms with van der Waals surface area (Å²) in [6.45, 7) is 6.70. The van der Waals surface area contributed by atoms with Gasteiger partial charge in [-0.05, 0) is 44.5 Å². The summed E-state index contributed by atoms with van der Waals surface area (Å²) < 4.78 is 2.96. The van der Waals surface area contributed by atoms with E-state index >= 15 is 0 Å². The van der Waals surface area contributed by atoms with Crippen LogP contribution in [0.15, 0.2) is 34.8 Å². The van der Waals surface area contributed by atoms with Gasteiger partial charge < -0.3 is 5.11 Å². The quantitative estimate of drug-likeness (QED) is 0.936. The maximum atomic E-state index is 10.7. The fraction of sp³-hybridized carbons (Fsp3) is 0.400. The van der Waals surface area contributed by atoms with Crippen molar-refractivity contribution in [2.24, 2.45) is 0 Å². The molecular weight excluding hydrogens is 304 g/mol. The van der Waals surface area contributed by atoms with Crippen molar-refractivity contribution >= 4 is 15.9 Å². The van der Waals surface area contributed by atoms with Crippen LogP contribution in [0.25, 0.3) is 0 Å². The summed E-state index contributed by atoms with van der Waals surface area (Å²) in [5, 5.41) is 15.1. The lowest BCUT2D eigenvalue weighted by Crippen LogP contribution is -2.25. The first-order chi connectivity index (χ1) is 8.92. The van der Waals surface area contributed by atoms with E-state index in [1.807, 2.05) is 48.9 Å². The second-order valence-corrected chi connectivity index (χ2v) is 5.97. The molecule has 0 spiro atoms. The lowest BCUT2D eigenvalue weighted by Gasteiger charge is -2.24. The number of halogens is 1. The van der Waals surface area contributed by atoms with Crippen LogP contribution in [0.2, 0.25) is 0 Å². The molecule has 0 saturated carbocycles. The summed E-state index contributed by atoms with van der Waals surface area (Å²) in [4.78, 5) is 0. The molecule has 102 valence electrons. The molecule has 0 saturated heterocycles. The van der Waals surface area contributed by atoms with E-state index in [0.29, 0.717) is 6.42 Å². The van der Waals surface area contributed by atoms with E-state index in [1.54, 1.807) is 0 Å². The highest BCUT2D eigenvalue weighted by atomic mass is 79.9. The SMILES string of the molecule is CCn1nc(C)cc1CC(C)(O)c1ccc(Br)cc1. The van der Waals surface area contributed by atoms with Crippen LogP contribution < -0.4 is 0 Å². The molecule has 0 amide bonds. The minimum atomic E-state index is -0.889. The largest absolute Gasteiger partial charge is 0.385 e. The Bertz CT molecular complexity index is 558. The van der Waals surface area contributed by atoms with Gasteiger partial charge in [0.1, 0.15) is 0 Å². The third kappa shape index (κ3) is 3.25. The Hall–Kier alpha value is -1.13.